The zero-order valence-electron chi connectivity index (χ0n) is 15.3. The zero-order chi connectivity index (χ0) is 18.9. The number of halogens is 1. The average molecular weight is 422 g/mol. The van der Waals surface area contributed by atoms with Crippen LogP contribution in [0.3, 0.4) is 0 Å². The molecule has 0 amide bonds. The number of pyridine rings is 1. The fraction of sp³-hybridized carbons (Fsp3) is 0.474. The van der Waals surface area contributed by atoms with Gasteiger partial charge in [-0.05, 0) is 49.9 Å². The van der Waals surface area contributed by atoms with Gasteiger partial charge in [-0.1, -0.05) is 15.9 Å². The summed E-state index contributed by atoms with van der Waals surface area (Å²) in [5.41, 5.74) is 0.510. The first kappa shape index (κ1) is 19.1. The molecule has 0 atom stereocenters. The van der Waals surface area contributed by atoms with E-state index in [1.54, 1.807) is 11.3 Å². The summed E-state index contributed by atoms with van der Waals surface area (Å²) >= 11 is 3.48. The minimum Gasteiger partial charge on any atom is -0.367 e. The molecule has 26 heavy (non-hydrogen) atoms. The molecule has 140 valence electrons. The van der Waals surface area contributed by atoms with Crippen LogP contribution < -0.4 is 5.56 Å². The van der Waals surface area contributed by atoms with Gasteiger partial charge >= 0.3 is 5.97 Å². The smallest absolute Gasteiger partial charge is 0.330 e. The second kappa shape index (κ2) is 7.50. The molecule has 1 aromatic heterocycles. The van der Waals surface area contributed by atoms with Crippen molar-refractivity contribution in [1.82, 2.24) is 14.9 Å². The third-order valence-corrected chi connectivity index (χ3v) is 4.99. The van der Waals surface area contributed by atoms with Crippen LogP contribution in [0, 0.1) is 5.41 Å². The number of piperazine rings is 1. The molecule has 0 unspecified atom stereocenters. The Morgan fingerprint density at radius 1 is 1.19 bits per heavy atom. The topological polar surface area (TPSA) is 65.6 Å². The molecule has 0 radical (unpaired) electrons. The van der Waals surface area contributed by atoms with E-state index in [0.29, 0.717) is 18.5 Å². The Morgan fingerprint density at radius 3 is 2.54 bits per heavy atom. The van der Waals surface area contributed by atoms with Crippen molar-refractivity contribution in [3.05, 3.63) is 44.8 Å². The van der Waals surface area contributed by atoms with Gasteiger partial charge in [0.25, 0.3) is 5.56 Å². The van der Waals surface area contributed by atoms with E-state index in [1.807, 2.05) is 39.0 Å². The van der Waals surface area contributed by atoms with Gasteiger partial charge < -0.3 is 9.82 Å². The van der Waals surface area contributed by atoms with Crippen molar-refractivity contribution < 1.29 is 9.63 Å². The van der Waals surface area contributed by atoms with Gasteiger partial charge in [0.15, 0.2) is 0 Å². The van der Waals surface area contributed by atoms with Crippen molar-refractivity contribution in [3.8, 4) is 0 Å². The van der Waals surface area contributed by atoms with Gasteiger partial charge in [0.2, 0.25) is 0 Å². The number of hydrogen-bond acceptors (Lipinski definition) is 5. The number of benzene rings is 1. The monoisotopic (exact) mass is 421 g/mol. The number of hydroxylamine groups is 2. The highest BCUT2D eigenvalue weighted by atomic mass is 79.9. The number of aromatic nitrogens is 1. The molecule has 1 saturated heterocycles. The highest BCUT2D eigenvalue weighted by Crippen LogP contribution is 2.22. The molecule has 7 heteroatoms. The molecule has 1 N–H and O–H groups in total. The van der Waals surface area contributed by atoms with Gasteiger partial charge in [-0.2, -0.15) is 0 Å². The molecular formula is C19H24BrN3O3. The van der Waals surface area contributed by atoms with E-state index in [0.717, 1.165) is 35.1 Å². The van der Waals surface area contributed by atoms with Crippen LogP contribution >= 0.6 is 15.9 Å². The molecule has 6 nitrogen and oxygen atoms in total. The molecule has 0 aliphatic carbocycles. The Labute approximate surface area is 161 Å². The van der Waals surface area contributed by atoms with Crippen LogP contribution in [0.25, 0.3) is 10.8 Å². The highest BCUT2D eigenvalue weighted by molar-refractivity contribution is 9.10. The summed E-state index contributed by atoms with van der Waals surface area (Å²) in [6, 6.07) is 5.70. The number of rotatable bonds is 3. The Bertz CT molecular complexity index is 864. The molecule has 0 saturated carbocycles. The van der Waals surface area contributed by atoms with E-state index >= 15 is 0 Å². The van der Waals surface area contributed by atoms with E-state index in [4.69, 9.17) is 4.84 Å². The predicted molar refractivity (Wildman–Crippen MR) is 105 cm³/mol. The van der Waals surface area contributed by atoms with Crippen LogP contribution in [0.2, 0.25) is 0 Å². The van der Waals surface area contributed by atoms with Gasteiger partial charge in [0, 0.05) is 48.8 Å². The number of hydrogen-bond donors (Lipinski definition) is 1. The number of H-pyrrole nitrogens is 1. The lowest BCUT2D eigenvalue weighted by atomic mass is 9.98. The summed E-state index contributed by atoms with van der Waals surface area (Å²) in [7, 11) is 0. The van der Waals surface area contributed by atoms with Crippen molar-refractivity contribution >= 4 is 32.7 Å². The molecule has 1 aliphatic rings. The third kappa shape index (κ3) is 4.34. The predicted octanol–water partition coefficient (Wildman–Crippen LogP) is 2.91. The van der Waals surface area contributed by atoms with Crippen LogP contribution in [-0.2, 0) is 16.2 Å². The molecule has 1 aliphatic heterocycles. The van der Waals surface area contributed by atoms with E-state index < -0.39 is 5.41 Å². The molecule has 0 bridgehead atoms. The number of fused-ring (bicyclic) bond motifs is 1. The molecule has 1 aromatic carbocycles. The maximum absolute atomic E-state index is 12.0. The van der Waals surface area contributed by atoms with E-state index in [2.05, 4.69) is 25.8 Å². The number of carbonyl (C=O) groups is 1. The first-order valence-corrected chi connectivity index (χ1v) is 9.53. The summed E-state index contributed by atoms with van der Waals surface area (Å²) in [4.78, 5) is 34.6. The number of aromatic amines is 1. The molecule has 1 fully saturated rings. The minimum absolute atomic E-state index is 0.0739. The van der Waals surface area contributed by atoms with E-state index in [1.165, 1.54) is 0 Å². The summed E-state index contributed by atoms with van der Waals surface area (Å²) in [6.07, 6.45) is 1.79. The zero-order valence-corrected chi connectivity index (χ0v) is 16.9. The average Bonchev–Trinajstić information content (AvgIpc) is 2.58. The van der Waals surface area contributed by atoms with E-state index in [9.17, 15) is 9.59 Å². The Morgan fingerprint density at radius 2 is 1.88 bits per heavy atom. The maximum Gasteiger partial charge on any atom is 0.330 e. The minimum atomic E-state index is -0.501. The quantitative estimate of drug-likeness (QED) is 0.824. The number of nitrogens with one attached hydrogen (secondary N) is 1. The van der Waals surface area contributed by atoms with E-state index in [-0.39, 0.29) is 11.5 Å². The summed E-state index contributed by atoms with van der Waals surface area (Å²) in [5.74, 6) is -0.206. The molecule has 2 heterocycles. The molecule has 2 aromatic rings. The molecular weight excluding hydrogens is 398 g/mol. The van der Waals surface area contributed by atoms with Crippen molar-refractivity contribution in [2.45, 2.75) is 27.3 Å². The molecule has 0 spiro atoms. The normalized spacial score (nSPS) is 16.8. The van der Waals surface area contributed by atoms with Gasteiger partial charge in [-0.15, -0.1) is 5.06 Å². The van der Waals surface area contributed by atoms with Crippen LogP contribution in [0.1, 0.15) is 26.3 Å². The maximum atomic E-state index is 12.0. The lowest BCUT2D eigenvalue weighted by Crippen LogP contribution is -2.47. The van der Waals surface area contributed by atoms with Crippen LogP contribution in [0.15, 0.2) is 33.7 Å². The largest absolute Gasteiger partial charge is 0.367 e. The van der Waals surface area contributed by atoms with Crippen molar-refractivity contribution in [3.63, 3.8) is 0 Å². The van der Waals surface area contributed by atoms with Crippen molar-refractivity contribution in [2.75, 3.05) is 26.2 Å². The highest BCUT2D eigenvalue weighted by Gasteiger charge is 2.28. The summed E-state index contributed by atoms with van der Waals surface area (Å²) in [6.45, 7) is 9.24. The Kier molecular flexibility index (Phi) is 5.50. The fourth-order valence-corrected chi connectivity index (χ4v) is 3.25. The Balaban J connectivity index is 1.66. The summed E-state index contributed by atoms with van der Waals surface area (Å²) < 4.78 is 0.954. The van der Waals surface area contributed by atoms with Crippen LogP contribution in [0.4, 0.5) is 0 Å². The van der Waals surface area contributed by atoms with Crippen molar-refractivity contribution in [1.29, 1.82) is 0 Å². The second-order valence-electron chi connectivity index (χ2n) is 7.67. The third-order valence-electron chi connectivity index (χ3n) is 4.50. The lowest BCUT2D eigenvalue weighted by molar-refractivity contribution is -0.207. The summed E-state index contributed by atoms with van der Waals surface area (Å²) in [5, 5.41) is 3.40. The molecule has 3 rings (SSSR count). The fourth-order valence-electron chi connectivity index (χ4n) is 2.89. The van der Waals surface area contributed by atoms with Gasteiger partial charge in [-0.3, -0.25) is 9.69 Å². The second-order valence-corrected chi connectivity index (χ2v) is 8.58. The first-order chi connectivity index (χ1) is 12.2. The van der Waals surface area contributed by atoms with Crippen molar-refractivity contribution in [2.24, 2.45) is 5.41 Å². The first-order valence-electron chi connectivity index (χ1n) is 8.73. The lowest BCUT2D eigenvalue weighted by Gasteiger charge is -2.34. The van der Waals surface area contributed by atoms with Crippen LogP contribution in [-0.4, -0.2) is 47.1 Å². The number of carbonyl (C=O) groups excluding carboxylic acids is 1. The number of nitrogens with zero attached hydrogens (tertiary/aromatic N) is 2. The van der Waals surface area contributed by atoms with Crippen LogP contribution in [0.5, 0.6) is 0 Å². The van der Waals surface area contributed by atoms with Gasteiger partial charge in [-0.25, -0.2) is 4.79 Å². The van der Waals surface area contributed by atoms with Gasteiger partial charge in [0.1, 0.15) is 0 Å². The van der Waals surface area contributed by atoms with Gasteiger partial charge in [0.05, 0.1) is 5.41 Å². The Hall–Kier alpha value is -1.70. The SMILES string of the molecule is CC(C)(C)C(=O)ON1CCN(Cc2c[nH]c(=O)c3ccc(Br)cc23)CC1. The standard InChI is InChI=1S/C19H24BrN3O3/c1-19(2,3)18(25)26-23-8-6-22(7-9-23)12-13-11-21-17(24)15-5-4-14(20)10-16(13)15/h4-5,10-11H,6-9,12H2,1-3H3,(H,21,24).